The van der Waals surface area contributed by atoms with Crippen LogP contribution in [0.2, 0.25) is 0 Å². The third kappa shape index (κ3) is 3.85. The van der Waals surface area contributed by atoms with Crippen LogP contribution in [-0.4, -0.2) is 42.3 Å². The van der Waals surface area contributed by atoms with Gasteiger partial charge in [0.15, 0.2) is 0 Å². The van der Waals surface area contributed by atoms with Crippen LogP contribution in [0.15, 0.2) is 0 Å². The summed E-state index contributed by atoms with van der Waals surface area (Å²) in [5.41, 5.74) is -0.415. The molecular weight excluding hydrogens is 240 g/mol. The number of hydrogen-bond acceptors (Lipinski definition) is 3. The van der Waals surface area contributed by atoms with E-state index in [1.807, 2.05) is 20.8 Å². The molecule has 1 amide bonds. The SMILES string of the molecule is CN1CCCC2C(NC(=O)OC(C)(C)C)CCCC21. The van der Waals surface area contributed by atoms with Crippen molar-refractivity contribution >= 4 is 6.09 Å². The Labute approximate surface area is 116 Å². The van der Waals surface area contributed by atoms with E-state index in [2.05, 4.69) is 17.3 Å². The fourth-order valence-electron chi connectivity index (χ4n) is 3.56. The molecule has 0 radical (unpaired) electrons. The highest BCUT2D eigenvalue weighted by Gasteiger charge is 2.38. The summed E-state index contributed by atoms with van der Waals surface area (Å²) in [5, 5.41) is 3.11. The summed E-state index contributed by atoms with van der Waals surface area (Å²) in [5.74, 6) is 0.597. The Morgan fingerprint density at radius 2 is 1.95 bits per heavy atom. The van der Waals surface area contributed by atoms with Gasteiger partial charge in [0.25, 0.3) is 0 Å². The second kappa shape index (κ2) is 5.70. The quantitative estimate of drug-likeness (QED) is 0.795. The number of carbonyl (C=O) groups excluding carboxylic acids is 1. The lowest BCUT2D eigenvalue weighted by Crippen LogP contribution is -2.55. The molecule has 1 aliphatic carbocycles. The van der Waals surface area contributed by atoms with Crippen LogP contribution in [0.3, 0.4) is 0 Å². The molecule has 1 aliphatic heterocycles. The van der Waals surface area contributed by atoms with Gasteiger partial charge in [-0.3, -0.25) is 0 Å². The lowest BCUT2D eigenvalue weighted by Gasteiger charge is -2.46. The van der Waals surface area contributed by atoms with Crippen molar-refractivity contribution in [3.8, 4) is 0 Å². The fourth-order valence-corrected chi connectivity index (χ4v) is 3.56. The van der Waals surface area contributed by atoms with Crippen molar-refractivity contribution in [1.29, 1.82) is 0 Å². The molecule has 0 aromatic rings. The highest BCUT2D eigenvalue weighted by atomic mass is 16.6. The van der Waals surface area contributed by atoms with Gasteiger partial charge in [-0.25, -0.2) is 4.79 Å². The Hall–Kier alpha value is -0.770. The molecule has 19 heavy (non-hydrogen) atoms. The second-order valence-electron chi connectivity index (χ2n) is 7.04. The number of piperidine rings is 1. The lowest BCUT2D eigenvalue weighted by atomic mass is 9.75. The fraction of sp³-hybridized carbons (Fsp3) is 0.933. The maximum Gasteiger partial charge on any atom is 0.407 e. The van der Waals surface area contributed by atoms with Gasteiger partial charge in [-0.15, -0.1) is 0 Å². The number of rotatable bonds is 1. The molecule has 0 spiro atoms. The number of likely N-dealkylation sites (tertiary alicyclic amines) is 1. The molecule has 0 aromatic carbocycles. The average molecular weight is 268 g/mol. The van der Waals surface area contributed by atoms with Crippen molar-refractivity contribution in [2.45, 2.75) is 70.6 Å². The van der Waals surface area contributed by atoms with Gasteiger partial charge in [-0.1, -0.05) is 0 Å². The predicted molar refractivity (Wildman–Crippen MR) is 76.2 cm³/mol. The van der Waals surface area contributed by atoms with Crippen molar-refractivity contribution in [3.05, 3.63) is 0 Å². The van der Waals surface area contributed by atoms with Crippen molar-refractivity contribution in [1.82, 2.24) is 10.2 Å². The number of hydrogen-bond donors (Lipinski definition) is 1. The van der Waals surface area contributed by atoms with Gasteiger partial charge < -0.3 is 15.0 Å². The highest BCUT2D eigenvalue weighted by molar-refractivity contribution is 5.68. The molecule has 1 saturated heterocycles. The lowest BCUT2D eigenvalue weighted by molar-refractivity contribution is 0.0308. The number of nitrogens with one attached hydrogen (secondary N) is 1. The zero-order valence-corrected chi connectivity index (χ0v) is 12.7. The summed E-state index contributed by atoms with van der Waals surface area (Å²) in [6, 6.07) is 0.929. The van der Waals surface area contributed by atoms with Crippen LogP contribution in [0.1, 0.15) is 52.9 Å². The second-order valence-corrected chi connectivity index (χ2v) is 7.04. The van der Waals surface area contributed by atoms with E-state index in [0.29, 0.717) is 12.0 Å². The van der Waals surface area contributed by atoms with Crippen LogP contribution in [0.25, 0.3) is 0 Å². The number of amides is 1. The van der Waals surface area contributed by atoms with Gasteiger partial charge >= 0.3 is 6.09 Å². The predicted octanol–water partition coefficient (Wildman–Crippen LogP) is 2.77. The molecule has 4 nitrogen and oxygen atoms in total. The topological polar surface area (TPSA) is 41.6 Å². The normalized spacial score (nSPS) is 32.5. The van der Waals surface area contributed by atoms with E-state index in [9.17, 15) is 4.79 Å². The van der Waals surface area contributed by atoms with Gasteiger partial charge in [0.2, 0.25) is 0 Å². The molecule has 1 N–H and O–H groups in total. The van der Waals surface area contributed by atoms with E-state index in [1.165, 1.54) is 32.2 Å². The van der Waals surface area contributed by atoms with Crippen LogP contribution in [-0.2, 0) is 4.74 Å². The molecule has 1 heterocycles. The smallest absolute Gasteiger partial charge is 0.407 e. The summed E-state index contributed by atoms with van der Waals surface area (Å²) in [6.07, 6.45) is 5.78. The first-order chi connectivity index (χ1) is 8.87. The van der Waals surface area contributed by atoms with Gasteiger partial charge in [0, 0.05) is 12.1 Å². The van der Waals surface area contributed by atoms with E-state index in [-0.39, 0.29) is 12.1 Å². The minimum absolute atomic E-state index is 0.258. The zero-order chi connectivity index (χ0) is 14.0. The molecule has 3 atom stereocenters. The minimum Gasteiger partial charge on any atom is -0.444 e. The number of ether oxygens (including phenoxy) is 1. The molecule has 3 unspecified atom stereocenters. The molecule has 2 fully saturated rings. The third-order valence-electron chi connectivity index (χ3n) is 4.34. The molecule has 1 saturated carbocycles. The van der Waals surface area contributed by atoms with Crippen molar-refractivity contribution in [3.63, 3.8) is 0 Å². The van der Waals surface area contributed by atoms with Gasteiger partial charge in [-0.2, -0.15) is 0 Å². The molecular formula is C15H28N2O2. The summed E-state index contributed by atoms with van der Waals surface area (Å²) >= 11 is 0. The van der Waals surface area contributed by atoms with E-state index in [1.54, 1.807) is 0 Å². The van der Waals surface area contributed by atoms with Crippen molar-refractivity contribution in [2.24, 2.45) is 5.92 Å². The standard InChI is InChI=1S/C15H28N2O2/c1-15(2,3)19-14(18)16-12-8-5-9-13-11(12)7-6-10-17(13)4/h11-13H,5-10H2,1-4H3,(H,16,18). The van der Waals surface area contributed by atoms with Gasteiger partial charge in [0.1, 0.15) is 5.60 Å². The Morgan fingerprint density at radius 3 is 2.63 bits per heavy atom. The van der Waals surface area contributed by atoms with E-state index in [0.717, 1.165) is 6.42 Å². The highest BCUT2D eigenvalue weighted by Crippen LogP contribution is 2.34. The zero-order valence-electron chi connectivity index (χ0n) is 12.7. The molecule has 110 valence electrons. The van der Waals surface area contributed by atoms with Crippen LogP contribution in [0.4, 0.5) is 4.79 Å². The summed E-state index contributed by atoms with van der Waals surface area (Å²) < 4.78 is 5.38. The molecule has 2 rings (SSSR count). The number of nitrogens with zero attached hydrogens (tertiary/aromatic N) is 1. The minimum atomic E-state index is -0.415. The van der Waals surface area contributed by atoms with E-state index >= 15 is 0 Å². The molecule has 2 aliphatic rings. The maximum atomic E-state index is 11.9. The summed E-state index contributed by atoms with van der Waals surface area (Å²) in [7, 11) is 2.21. The van der Waals surface area contributed by atoms with Crippen LogP contribution >= 0.6 is 0 Å². The molecule has 0 bridgehead atoms. The first-order valence-corrected chi connectivity index (χ1v) is 7.56. The van der Waals surface area contributed by atoms with Gasteiger partial charge in [0.05, 0.1) is 0 Å². The van der Waals surface area contributed by atoms with E-state index in [4.69, 9.17) is 4.74 Å². The molecule has 0 aromatic heterocycles. The van der Waals surface area contributed by atoms with Gasteiger partial charge in [-0.05, 0) is 72.4 Å². The van der Waals surface area contributed by atoms with E-state index < -0.39 is 5.60 Å². The first-order valence-electron chi connectivity index (χ1n) is 7.56. The number of alkyl carbamates (subject to hydrolysis) is 1. The Morgan fingerprint density at radius 1 is 1.21 bits per heavy atom. The summed E-state index contributed by atoms with van der Waals surface area (Å²) in [4.78, 5) is 14.4. The number of carbonyl (C=O) groups is 1. The average Bonchev–Trinajstić information content (AvgIpc) is 2.28. The Kier molecular flexibility index (Phi) is 4.39. The Balaban J connectivity index is 1.94. The van der Waals surface area contributed by atoms with Crippen LogP contribution < -0.4 is 5.32 Å². The van der Waals surface area contributed by atoms with Crippen molar-refractivity contribution in [2.75, 3.05) is 13.6 Å². The monoisotopic (exact) mass is 268 g/mol. The summed E-state index contributed by atoms with van der Waals surface area (Å²) in [6.45, 7) is 6.92. The first kappa shape index (κ1) is 14.6. The maximum absolute atomic E-state index is 11.9. The van der Waals surface area contributed by atoms with Crippen molar-refractivity contribution < 1.29 is 9.53 Å². The van der Waals surface area contributed by atoms with Crippen LogP contribution in [0, 0.1) is 5.92 Å². The largest absolute Gasteiger partial charge is 0.444 e. The molecule has 4 heteroatoms. The van der Waals surface area contributed by atoms with Crippen LogP contribution in [0.5, 0.6) is 0 Å². The number of fused-ring (bicyclic) bond motifs is 1. The Bertz CT molecular complexity index is 325. The third-order valence-corrected chi connectivity index (χ3v) is 4.34.